The number of carbonyl (C=O) groups is 1. The zero-order valence-electron chi connectivity index (χ0n) is 20.3. The third-order valence-electron chi connectivity index (χ3n) is 5.83. The van der Waals surface area contributed by atoms with Gasteiger partial charge in [0.25, 0.3) is 0 Å². The van der Waals surface area contributed by atoms with Gasteiger partial charge in [0, 0.05) is 48.9 Å². The van der Waals surface area contributed by atoms with Crippen LogP contribution in [0.5, 0.6) is 5.75 Å². The minimum atomic E-state index is -0.275. The highest BCUT2D eigenvalue weighted by molar-refractivity contribution is 7.09. The maximum atomic E-state index is 12.2. The Kier molecular flexibility index (Phi) is 7.84. The van der Waals surface area contributed by atoms with Crippen molar-refractivity contribution < 1.29 is 9.53 Å². The largest absolute Gasteiger partial charge is 0.494 e. The van der Waals surface area contributed by atoms with Gasteiger partial charge in [-0.3, -0.25) is 4.79 Å². The van der Waals surface area contributed by atoms with E-state index in [-0.39, 0.29) is 5.91 Å². The van der Waals surface area contributed by atoms with Crippen LogP contribution in [0.25, 0.3) is 0 Å². The maximum absolute atomic E-state index is 12.2. The molecule has 1 aliphatic rings. The molecule has 0 radical (unpaired) electrons. The van der Waals surface area contributed by atoms with Crippen molar-refractivity contribution in [2.24, 2.45) is 0 Å². The summed E-state index contributed by atoms with van der Waals surface area (Å²) in [5.74, 6) is 1.54. The standard InChI is InChI=1S/C25H31N7O2S/c1-5-23(33)28-19-13-20(22(34-4)14-21(19)32-10-8-31(3)9-11-32)29-25-27-15-17(2)24(30-25)26-16-18-7-6-12-35-18/h5-7,12-15H,1,8-11,16H2,2-4H3,(H,28,33)(H2,26,27,29,30). The minimum absolute atomic E-state index is 0.275. The van der Waals surface area contributed by atoms with Gasteiger partial charge in [0.2, 0.25) is 11.9 Å². The number of aryl methyl sites for hydroxylation is 1. The van der Waals surface area contributed by atoms with Crippen LogP contribution in [0.4, 0.5) is 28.8 Å². The molecule has 184 valence electrons. The van der Waals surface area contributed by atoms with E-state index in [1.165, 1.54) is 11.0 Å². The molecule has 10 heteroatoms. The SMILES string of the molecule is C=CC(=O)Nc1cc(Nc2ncc(C)c(NCc3cccs3)n2)c(OC)cc1N1CCN(C)CC1. The zero-order valence-corrected chi connectivity index (χ0v) is 21.1. The Balaban J connectivity index is 1.62. The molecule has 9 nitrogen and oxygen atoms in total. The molecule has 1 fully saturated rings. The fourth-order valence-electron chi connectivity index (χ4n) is 3.81. The molecule has 1 amide bonds. The lowest BCUT2D eigenvalue weighted by Gasteiger charge is -2.35. The average molecular weight is 494 g/mol. The van der Waals surface area contributed by atoms with Gasteiger partial charge in [0.05, 0.1) is 30.7 Å². The Morgan fingerprint density at radius 1 is 1.26 bits per heavy atom. The molecule has 2 aromatic heterocycles. The number of hydrogen-bond donors (Lipinski definition) is 3. The van der Waals surface area contributed by atoms with E-state index in [1.807, 2.05) is 25.1 Å². The lowest BCUT2D eigenvalue weighted by molar-refractivity contribution is -0.111. The second-order valence-electron chi connectivity index (χ2n) is 8.34. The van der Waals surface area contributed by atoms with Crippen LogP contribution in [-0.2, 0) is 11.3 Å². The van der Waals surface area contributed by atoms with Gasteiger partial charge in [-0.1, -0.05) is 12.6 Å². The predicted molar refractivity (Wildman–Crippen MR) is 143 cm³/mol. The number of aromatic nitrogens is 2. The topological polar surface area (TPSA) is 94.6 Å². The van der Waals surface area contributed by atoms with E-state index < -0.39 is 0 Å². The zero-order chi connectivity index (χ0) is 24.8. The monoisotopic (exact) mass is 493 g/mol. The summed E-state index contributed by atoms with van der Waals surface area (Å²) < 4.78 is 5.70. The van der Waals surface area contributed by atoms with Crippen LogP contribution in [0.3, 0.4) is 0 Å². The van der Waals surface area contributed by atoms with Crippen LogP contribution in [0.15, 0.2) is 48.5 Å². The fraction of sp³-hybridized carbons (Fsp3) is 0.320. The third-order valence-corrected chi connectivity index (χ3v) is 6.71. The van der Waals surface area contributed by atoms with Crippen molar-refractivity contribution in [2.45, 2.75) is 13.5 Å². The van der Waals surface area contributed by atoms with Gasteiger partial charge in [0.15, 0.2) is 0 Å². The lowest BCUT2D eigenvalue weighted by atomic mass is 10.1. The molecule has 4 rings (SSSR count). The van der Waals surface area contributed by atoms with Crippen molar-refractivity contribution in [2.75, 3.05) is 61.2 Å². The first-order valence-electron chi connectivity index (χ1n) is 11.4. The molecule has 0 atom stereocenters. The average Bonchev–Trinajstić information content (AvgIpc) is 3.39. The lowest BCUT2D eigenvalue weighted by Crippen LogP contribution is -2.44. The second-order valence-corrected chi connectivity index (χ2v) is 9.37. The Morgan fingerprint density at radius 2 is 2.06 bits per heavy atom. The van der Waals surface area contributed by atoms with Crippen molar-refractivity contribution in [1.29, 1.82) is 0 Å². The quantitative estimate of drug-likeness (QED) is 0.384. The maximum Gasteiger partial charge on any atom is 0.247 e. The summed E-state index contributed by atoms with van der Waals surface area (Å²) in [7, 11) is 3.73. The Labute approximate surface area is 209 Å². The summed E-state index contributed by atoms with van der Waals surface area (Å²) in [4.78, 5) is 27.1. The molecule has 0 saturated carbocycles. The van der Waals surface area contributed by atoms with Crippen molar-refractivity contribution in [1.82, 2.24) is 14.9 Å². The van der Waals surface area contributed by atoms with Crippen molar-refractivity contribution in [3.8, 4) is 5.75 Å². The molecule has 0 spiro atoms. The van der Waals surface area contributed by atoms with Crippen molar-refractivity contribution in [3.63, 3.8) is 0 Å². The molecule has 35 heavy (non-hydrogen) atoms. The van der Waals surface area contributed by atoms with Crippen LogP contribution in [0.2, 0.25) is 0 Å². The number of rotatable bonds is 9. The molecule has 0 bridgehead atoms. The van der Waals surface area contributed by atoms with E-state index in [0.717, 1.165) is 43.2 Å². The Bertz CT molecular complexity index is 1170. The van der Waals surface area contributed by atoms with E-state index in [2.05, 4.69) is 60.8 Å². The van der Waals surface area contributed by atoms with Gasteiger partial charge < -0.3 is 30.5 Å². The molecule has 3 N–H and O–H groups in total. The van der Waals surface area contributed by atoms with Crippen molar-refractivity contribution >= 4 is 46.1 Å². The number of amides is 1. The summed E-state index contributed by atoms with van der Waals surface area (Å²) in [6.07, 6.45) is 3.04. The van der Waals surface area contributed by atoms with Gasteiger partial charge in [0.1, 0.15) is 11.6 Å². The number of piperazine rings is 1. The number of nitrogens with one attached hydrogen (secondary N) is 3. The van der Waals surface area contributed by atoms with Gasteiger partial charge in [-0.15, -0.1) is 11.3 Å². The van der Waals surface area contributed by atoms with Crippen LogP contribution in [0, 0.1) is 6.92 Å². The Morgan fingerprint density at radius 3 is 2.74 bits per heavy atom. The van der Waals surface area contributed by atoms with E-state index in [9.17, 15) is 4.79 Å². The molecule has 1 saturated heterocycles. The molecule has 1 aliphatic heterocycles. The van der Waals surface area contributed by atoms with Gasteiger partial charge in [-0.25, -0.2) is 4.98 Å². The van der Waals surface area contributed by atoms with Crippen LogP contribution in [-0.4, -0.2) is 61.1 Å². The molecular weight excluding hydrogens is 462 g/mol. The summed E-state index contributed by atoms with van der Waals surface area (Å²) in [5, 5.41) is 11.6. The number of anilines is 5. The fourth-order valence-corrected chi connectivity index (χ4v) is 4.46. The number of nitrogens with zero attached hydrogens (tertiary/aromatic N) is 4. The summed E-state index contributed by atoms with van der Waals surface area (Å²) in [6, 6.07) is 7.91. The normalized spacial score (nSPS) is 13.9. The third kappa shape index (κ3) is 6.09. The number of carbonyl (C=O) groups excluding carboxylic acids is 1. The van der Waals surface area contributed by atoms with E-state index in [0.29, 0.717) is 29.6 Å². The van der Waals surface area contributed by atoms with Crippen LogP contribution >= 0.6 is 11.3 Å². The number of hydrogen-bond acceptors (Lipinski definition) is 9. The highest BCUT2D eigenvalue weighted by Crippen LogP contribution is 2.38. The van der Waals surface area contributed by atoms with Gasteiger partial charge >= 0.3 is 0 Å². The summed E-state index contributed by atoms with van der Waals surface area (Å²) in [6.45, 7) is 9.83. The second kappa shape index (κ2) is 11.2. The molecule has 0 aliphatic carbocycles. The number of thiophene rings is 1. The number of benzene rings is 1. The van der Waals surface area contributed by atoms with Crippen LogP contribution < -0.4 is 25.6 Å². The highest BCUT2D eigenvalue weighted by Gasteiger charge is 2.21. The molecule has 0 unspecified atom stereocenters. The molecule has 1 aromatic carbocycles. The summed E-state index contributed by atoms with van der Waals surface area (Å²) >= 11 is 1.69. The molecular formula is C25H31N7O2S. The Hall–Kier alpha value is -3.63. The molecule has 3 aromatic rings. The van der Waals surface area contributed by atoms with E-state index in [1.54, 1.807) is 24.6 Å². The number of methoxy groups -OCH3 is 1. The smallest absolute Gasteiger partial charge is 0.247 e. The first-order chi connectivity index (χ1) is 17.0. The van der Waals surface area contributed by atoms with E-state index >= 15 is 0 Å². The highest BCUT2D eigenvalue weighted by atomic mass is 32.1. The minimum Gasteiger partial charge on any atom is -0.494 e. The number of ether oxygens (including phenoxy) is 1. The van der Waals surface area contributed by atoms with Crippen molar-refractivity contribution in [3.05, 3.63) is 58.9 Å². The molecule has 3 heterocycles. The van der Waals surface area contributed by atoms with Gasteiger partial charge in [-0.2, -0.15) is 4.98 Å². The first kappa shape index (κ1) is 24.5. The predicted octanol–water partition coefficient (Wildman–Crippen LogP) is 4.09. The first-order valence-corrected chi connectivity index (χ1v) is 12.3. The van der Waals surface area contributed by atoms with Crippen LogP contribution in [0.1, 0.15) is 10.4 Å². The van der Waals surface area contributed by atoms with E-state index in [4.69, 9.17) is 4.74 Å². The summed E-state index contributed by atoms with van der Waals surface area (Å²) in [5.41, 5.74) is 3.17. The number of likely N-dealkylation sites (N-methyl/N-ethyl adjacent to an activating group) is 1. The van der Waals surface area contributed by atoms with Gasteiger partial charge in [-0.05, 0) is 37.6 Å².